The zero-order valence-corrected chi connectivity index (χ0v) is 11.2. The number of aryl methyl sites for hydroxylation is 1. The molecule has 0 unspecified atom stereocenters. The lowest BCUT2D eigenvalue weighted by Crippen LogP contribution is -2.15. The molecular formula is C15H16N4O. The lowest BCUT2D eigenvalue weighted by Gasteiger charge is -2.07. The summed E-state index contributed by atoms with van der Waals surface area (Å²) >= 11 is 0. The molecule has 0 saturated carbocycles. The number of pyridine rings is 1. The van der Waals surface area contributed by atoms with Crippen LogP contribution in [0, 0.1) is 6.92 Å². The number of aromatic nitrogens is 3. The van der Waals surface area contributed by atoms with Crippen LogP contribution in [-0.4, -0.2) is 19.7 Å². The zero-order valence-electron chi connectivity index (χ0n) is 11.2. The van der Waals surface area contributed by atoms with E-state index < -0.39 is 0 Å². The van der Waals surface area contributed by atoms with E-state index in [9.17, 15) is 5.11 Å². The summed E-state index contributed by atoms with van der Waals surface area (Å²) in [5.41, 5.74) is 2.86. The van der Waals surface area contributed by atoms with Crippen molar-refractivity contribution in [2.45, 2.75) is 20.0 Å². The van der Waals surface area contributed by atoms with E-state index in [4.69, 9.17) is 0 Å². The number of aromatic hydroxyl groups is 1. The summed E-state index contributed by atoms with van der Waals surface area (Å²) in [4.78, 5) is 0. The van der Waals surface area contributed by atoms with Crippen LogP contribution in [0.4, 0.5) is 0 Å². The second-order valence-corrected chi connectivity index (χ2v) is 4.78. The van der Waals surface area contributed by atoms with Crippen LogP contribution in [0.15, 0.2) is 42.6 Å². The van der Waals surface area contributed by atoms with Crippen molar-refractivity contribution in [1.29, 1.82) is 0 Å². The third kappa shape index (κ3) is 2.48. The number of benzene rings is 1. The molecule has 0 fully saturated rings. The van der Waals surface area contributed by atoms with Gasteiger partial charge in [0.05, 0.1) is 6.54 Å². The van der Waals surface area contributed by atoms with Crippen molar-refractivity contribution in [3.8, 4) is 5.75 Å². The Morgan fingerprint density at radius 3 is 2.95 bits per heavy atom. The number of rotatable bonds is 4. The molecule has 0 saturated heterocycles. The Morgan fingerprint density at radius 2 is 2.05 bits per heavy atom. The van der Waals surface area contributed by atoms with Gasteiger partial charge in [0.2, 0.25) is 0 Å². The first kappa shape index (κ1) is 12.6. The Morgan fingerprint density at radius 1 is 1.15 bits per heavy atom. The van der Waals surface area contributed by atoms with Crippen LogP contribution in [0.3, 0.4) is 0 Å². The van der Waals surface area contributed by atoms with Gasteiger partial charge in [0.25, 0.3) is 0 Å². The lowest BCUT2D eigenvalue weighted by molar-refractivity contribution is 0.463. The summed E-state index contributed by atoms with van der Waals surface area (Å²) in [6, 6.07) is 11.4. The molecule has 2 heterocycles. The van der Waals surface area contributed by atoms with E-state index in [1.54, 1.807) is 6.07 Å². The maximum absolute atomic E-state index is 9.79. The molecule has 5 nitrogen and oxygen atoms in total. The first-order valence-corrected chi connectivity index (χ1v) is 6.52. The van der Waals surface area contributed by atoms with Gasteiger partial charge in [-0.1, -0.05) is 23.8 Å². The van der Waals surface area contributed by atoms with Crippen molar-refractivity contribution in [1.82, 2.24) is 19.9 Å². The van der Waals surface area contributed by atoms with Crippen molar-refractivity contribution in [2.24, 2.45) is 0 Å². The van der Waals surface area contributed by atoms with Crippen LogP contribution in [0.25, 0.3) is 5.65 Å². The zero-order chi connectivity index (χ0) is 13.9. The maximum atomic E-state index is 9.79. The molecule has 0 atom stereocenters. The van der Waals surface area contributed by atoms with Gasteiger partial charge in [-0.3, -0.25) is 4.40 Å². The number of phenolic OH excluding ortho intramolecular Hbond substituents is 1. The molecule has 3 aromatic rings. The van der Waals surface area contributed by atoms with Crippen molar-refractivity contribution < 1.29 is 5.11 Å². The van der Waals surface area contributed by atoms with Gasteiger partial charge in [0, 0.05) is 18.3 Å². The van der Waals surface area contributed by atoms with E-state index in [2.05, 4.69) is 15.5 Å². The predicted octanol–water partition coefficient (Wildman–Crippen LogP) is 2.03. The first-order chi connectivity index (χ1) is 9.74. The smallest absolute Gasteiger partial charge is 0.160 e. The summed E-state index contributed by atoms with van der Waals surface area (Å²) in [6.45, 7) is 3.20. The fraction of sp³-hybridized carbons (Fsp3) is 0.200. The van der Waals surface area contributed by atoms with Crippen LogP contribution in [-0.2, 0) is 13.1 Å². The van der Waals surface area contributed by atoms with Gasteiger partial charge in [-0.15, -0.1) is 10.2 Å². The monoisotopic (exact) mass is 268 g/mol. The molecule has 0 aliphatic rings. The number of nitrogens with one attached hydrogen (secondary N) is 1. The molecular weight excluding hydrogens is 252 g/mol. The van der Waals surface area contributed by atoms with Gasteiger partial charge in [-0.25, -0.2) is 0 Å². The molecule has 2 aromatic heterocycles. The molecule has 0 aliphatic carbocycles. The Kier molecular flexibility index (Phi) is 3.35. The molecule has 20 heavy (non-hydrogen) atoms. The molecule has 5 heteroatoms. The fourth-order valence-corrected chi connectivity index (χ4v) is 2.18. The minimum atomic E-state index is 0.314. The molecule has 0 spiro atoms. The molecule has 0 bridgehead atoms. The Balaban J connectivity index is 1.69. The van der Waals surface area contributed by atoms with Gasteiger partial charge in [-0.2, -0.15) is 0 Å². The highest BCUT2D eigenvalue weighted by atomic mass is 16.3. The summed E-state index contributed by atoms with van der Waals surface area (Å²) in [6.07, 6.45) is 1.94. The molecule has 1 aromatic carbocycles. The molecule has 0 amide bonds. The van der Waals surface area contributed by atoms with E-state index in [0.29, 0.717) is 18.8 Å². The Bertz CT molecular complexity index is 736. The van der Waals surface area contributed by atoms with Gasteiger partial charge in [-0.05, 0) is 25.1 Å². The normalized spacial score (nSPS) is 11.1. The van der Waals surface area contributed by atoms with E-state index >= 15 is 0 Å². The van der Waals surface area contributed by atoms with Crippen molar-refractivity contribution in [3.05, 3.63) is 59.5 Å². The molecule has 0 radical (unpaired) electrons. The number of fused-ring (bicyclic) bond motifs is 1. The summed E-state index contributed by atoms with van der Waals surface area (Å²) < 4.78 is 1.95. The van der Waals surface area contributed by atoms with E-state index in [0.717, 1.165) is 22.6 Å². The SMILES string of the molecule is Cc1ccc(O)c(CNCc2nnc3ccccn23)c1. The second kappa shape index (κ2) is 5.30. The first-order valence-electron chi connectivity index (χ1n) is 6.52. The summed E-state index contributed by atoms with van der Waals surface area (Å²) in [5, 5.41) is 21.3. The fourth-order valence-electron chi connectivity index (χ4n) is 2.18. The summed E-state index contributed by atoms with van der Waals surface area (Å²) in [5.74, 6) is 1.17. The standard InChI is InChI=1S/C15H16N4O/c1-11-5-6-13(20)12(8-11)9-16-10-15-18-17-14-4-2-3-7-19(14)15/h2-8,16,20H,9-10H2,1H3. The topological polar surface area (TPSA) is 62.5 Å². The Hall–Kier alpha value is -2.40. The largest absolute Gasteiger partial charge is 0.508 e. The lowest BCUT2D eigenvalue weighted by atomic mass is 10.1. The van der Waals surface area contributed by atoms with E-state index in [1.165, 1.54) is 0 Å². The van der Waals surface area contributed by atoms with Gasteiger partial charge < -0.3 is 10.4 Å². The quantitative estimate of drug-likeness (QED) is 0.760. The van der Waals surface area contributed by atoms with Gasteiger partial charge in [0.15, 0.2) is 11.5 Å². The number of nitrogens with zero attached hydrogens (tertiary/aromatic N) is 3. The van der Waals surface area contributed by atoms with Gasteiger partial charge in [0.1, 0.15) is 5.75 Å². The summed E-state index contributed by atoms with van der Waals surface area (Å²) in [7, 11) is 0. The Labute approximate surface area is 116 Å². The average Bonchev–Trinajstić information content (AvgIpc) is 2.86. The van der Waals surface area contributed by atoms with Crippen molar-refractivity contribution >= 4 is 5.65 Å². The van der Waals surface area contributed by atoms with Crippen LogP contribution in [0.2, 0.25) is 0 Å². The highest BCUT2D eigenvalue weighted by Crippen LogP contribution is 2.17. The van der Waals surface area contributed by atoms with Crippen molar-refractivity contribution in [3.63, 3.8) is 0 Å². The second-order valence-electron chi connectivity index (χ2n) is 4.78. The van der Waals surface area contributed by atoms with Crippen LogP contribution >= 0.6 is 0 Å². The van der Waals surface area contributed by atoms with E-state index in [-0.39, 0.29) is 0 Å². The third-order valence-electron chi connectivity index (χ3n) is 3.22. The average molecular weight is 268 g/mol. The van der Waals surface area contributed by atoms with Crippen LogP contribution in [0.1, 0.15) is 17.0 Å². The number of hydrogen-bond acceptors (Lipinski definition) is 4. The molecule has 3 rings (SSSR count). The highest BCUT2D eigenvalue weighted by molar-refractivity contribution is 5.37. The number of hydrogen-bond donors (Lipinski definition) is 2. The number of phenols is 1. The molecule has 2 N–H and O–H groups in total. The maximum Gasteiger partial charge on any atom is 0.160 e. The third-order valence-corrected chi connectivity index (χ3v) is 3.22. The van der Waals surface area contributed by atoms with Gasteiger partial charge >= 0.3 is 0 Å². The minimum absolute atomic E-state index is 0.314. The highest BCUT2D eigenvalue weighted by Gasteiger charge is 2.05. The molecule has 0 aliphatic heterocycles. The van der Waals surface area contributed by atoms with Crippen molar-refractivity contribution in [2.75, 3.05) is 0 Å². The molecule has 102 valence electrons. The minimum Gasteiger partial charge on any atom is -0.508 e. The van der Waals surface area contributed by atoms with E-state index in [1.807, 2.05) is 47.9 Å². The van der Waals surface area contributed by atoms with Crippen LogP contribution < -0.4 is 5.32 Å². The predicted molar refractivity (Wildman–Crippen MR) is 76.4 cm³/mol. The van der Waals surface area contributed by atoms with Crippen LogP contribution in [0.5, 0.6) is 5.75 Å².